The van der Waals surface area contributed by atoms with E-state index in [9.17, 15) is 14.4 Å². The van der Waals surface area contributed by atoms with E-state index >= 15 is 0 Å². The normalized spacial score (nSPS) is 11.0. The van der Waals surface area contributed by atoms with Gasteiger partial charge in [-0.15, -0.1) is 0 Å². The number of aromatic nitrogens is 2. The number of rotatable bonds is 7. The Hall–Kier alpha value is -3.42. The van der Waals surface area contributed by atoms with Gasteiger partial charge in [0.2, 0.25) is 5.91 Å². The molecule has 2 aromatic heterocycles. The lowest BCUT2D eigenvalue weighted by atomic mass is 10.2. The molecule has 0 aliphatic heterocycles. The maximum Gasteiger partial charge on any atom is 0.286 e. The number of furan rings is 1. The van der Waals surface area contributed by atoms with Gasteiger partial charge in [0.1, 0.15) is 5.82 Å². The standard InChI is InChI=1S/C20H22N4O4/c1-13(2)24(18(25)9-10-21-20(27)16-8-5-11-28-16)12-17-22-15-7-4-3-6-14(15)19(26)23-17/h3-8,11,13H,9-10,12H2,1-2H3,(H,21,27)(H,22,23,26). The highest BCUT2D eigenvalue weighted by Crippen LogP contribution is 2.10. The van der Waals surface area contributed by atoms with Gasteiger partial charge in [0.05, 0.1) is 23.7 Å². The second kappa shape index (κ2) is 8.51. The van der Waals surface area contributed by atoms with E-state index in [4.69, 9.17) is 4.42 Å². The minimum absolute atomic E-state index is 0.0925. The molecular formula is C20H22N4O4. The molecule has 0 unspecified atom stereocenters. The van der Waals surface area contributed by atoms with Crippen LogP contribution in [0.25, 0.3) is 10.9 Å². The zero-order chi connectivity index (χ0) is 20.1. The number of nitrogens with one attached hydrogen (secondary N) is 2. The average Bonchev–Trinajstić information content (AvgIpc) is 3.20. The van der Waals surface area contributed by atoms with Gasteiger partial charge in [-0.3, -0.25) is 14.4 Å². The smallest absolute Gasteiger partial charge is 0.286 e. The molecule has 2 N–H and O–H groups in total. The van der Waals surface area contributed by atoms with Gasteiger partial charge in [-0.25, -0.2) is 4.98 Å². The van der Waals surface area contributed by atoms with E-state index in [0.29, 0.717) is 16.7 Å². The zero-order valence-corrected chi connectivity index (χ0v) is 15.8. The Bertz CT molecular complexity index is 1020. The summed E-state index contributed by atoms with van der Waals surface area (Å²) in [5.41, 5.74) is 0.352. The average molecular weight is 382 g/mol. The van der Waals surface area contributed by atoms with E-state index in [1.54, 1.807) is 35.2 Å². The van der Waals surface area contributed by atoms with Gasteiger partial charge in [0, 0.05) is 19.0 Å². The summed E-state index contributed by atoms with van der Waals surface area (Å²) >= 11 is 0. The van der Waals surface area contributed by atoms with Crippen molar-refractivity contribution in [2.75, 3.05) is 6.54 Å². The van der Waals surface area contributed by atoms with Gasteiger partial charge in [0.15, 0.2) is 5.76 Å². The van der Waals surface area contributed by atoms with Crippen LogP contribution in [0, 0.1) is 0 Å². The Morgan fingerprint density at radius 3 is 2.71 bits per heavy atom. The van der Waals surface area contributed by atoms with Crippen LogP contribution in [0.4, 0.5) is 0 Å². The van der Waals surface area contributed by atoms with Gasteiger partial charge in [0.25, 0.3) is 11.5 Å². The summed E-state index contributed by atoms with van der Waals surface area (Å²) in [6.07, 6.45) is 1.54. The summed E-state index contributed by atoms with van der Waals surface area (Å²) in [4.78, 5) is 45.5. The first-order valence-corrected chi connectivity index (χ1v) is 9.05. The number of carbonyl (C=O) groups is 2. The van der Waals surface area contributed by atoms with Crippen molar-refractivity contribution in [1.29, 1.82) is 0 Å². The van der Waals surface area contributed by atoms with Crippen molar-refractivity contribution in [2.45, 2.75) is 32.9 Å². The second-order valence-electron chi connectivity index (χ2n) is 6.63. The van der Waals surface area contributed by atoms with E-state index in [2.05, 4.69) is 15.3 Å². The van der Waals surface area contributed by atoms with Crippen LogP contribution in [0.2, 0.25) is 0 Å². The summed E-state index contributed by atoms with van der Waals surface area (Å²) < 4.78 is 5.01. The highest BCUT2D eigenvalue weighted by molar-refractivity contribution is 5.91. The Morgan fingerprint density at radius 2 is 2.00 bits per heavy atom. The Balaban J connectivity index is 1.65. The molecule has 0 aliphatic rings. The van der Waals surface area contributed by atoms with Crippen molar-refractivity contribution in [3.8, 4) is 0 Å². The van der Waals surface area contributed by atoms with Crippen molar-refractivity contribution in [3.05, 3.63) is 64.6 Å². The molecule has 28 heavy (non-hydrogen) atoms. The van der Waals surface area contributed by atoms with Crippen LogP contribution in [-0.2, 0) is 11.3 Å². The van der Waals surface area contributed by atoms with Crippen LogP contribution >= 0.6 is 0 Å². The molecule has 146 valence electrons. The van der Waals surface area contributed by atoms with Crippen LogP contribution < -0.4 is 10.9 Å². The monoisotopic (exact) mass is 382 g/mol. The molecule has 8 nitrogen and oxygen atoms in total. The Morgan fingerprint density at radius 1 is 1.21 bits per heavy atom. The maximum atomic E-state index is 12.6. The number of benzene rings is 1. The fraction of sp³-hybridized carbons (Fsp3) is 0.300. The SMILES string of the molecule is CC(C)N(Cc1nc2ccccc2c(=O)[nH]1)C(=O)CCNC(=O)c1ccco1. The van der Waals surface area contributed by atoms with Crippen LogP contribution in [0.15, 0.2) is 51.9 Å². The fourth-order valence-corrected chi connectivity index (χ4v) is 2.85. The Kier molecular flexibility index (Phi) is 5.88. The van der Waals surface area contributed by atoms with Crippen molar-refractivity contribution < 1.29 is 14.0 Å². The largest absolute Gasteiger partial charge is 0.459 e. The molecule has 3 aromatic rings. The molecule has 0 radical (unpaired) electrons. The van der Waals surface area contributed by atoms with E-state index in [1.807, 2.05) is 19.9 Å². The first-order chi connectivity index (χ1) is 13.5. The number of carbonyl (C=O) groups excluding carboxylic acids is 2. The minimum atomic E-state index is -0.366. The number of amides is 2. The molecule has 8 heteroatoms. The molecule has 0 bridgehead atoms. The minimum Gasteiger partial charge on any atom is -0.459 e. The quantitative estimate of drug-likeness (QED) is 0.650. The number of para-hydroxylation sites is 1. The van der Waals surface area contributed by atoms with E-state index in [1.165, 1.54) is 6.26 Å². The number of hydrogen-bond donors (Lipinski definition) is 2. The molecule has 3 rings (SSSR count). The van der Waals surface area contributed by atoms with Crippen molar-refractivity contribution >= 4 is 22.7 Å². The predicted molar refractivity (Wildman–Crippen MR) is 104 cm³/mol. The van der Waals surface area contributed by atoms with Gasteiger partial charge in [-0.1, -0.05) is 12.1 Å². The van der Waals surface area contributed by atoms with Gasteiger partial charge in [-0.2, -0.15) is 0 Å². The van der Waals surface area contributed by atoms with Crippen molar-refractivity contribution in [1.82, 2.24) is 20.2 Å². The second-order valence-corrected chi connectivity index (χ2v) is 6.63. The first-order valence-electron chi connectivity index (χ1n) is 9.05. The molecule has 2 heterocycles. The fourth-order valence-electron chi connectivity index (χ4n) is 2.85. The third-order valence-electron chi connectivity index (χ3n) is 4.30. The summed E-state index contributed by atoms with van der Waals surface area (Å²) in [6, 6.07) is 10.1. The molecule has 0 atom stereocenters. The number of nitrogens with zero attached hydrogens (tertiary/aromatic N) is 2. The number of H-pyrrole nitrogens is 1. The number of fused-ring (bicyclic) bond motifs is 1. The van der Waals surface area contributed by atoms with E-state index < -0.39 is 0 Å². The van der Waals surface area contributed by atoms with Crippen LogP contribution in [0.1, 0.15) is 36.6 Å². The van der Waals surface area contributed by atoms with Gasteiger partial charge >= 0.3 is 0 Å². The summed E-state index contributed by atoms with van der Waals surface area (Å²) in [6.45, 7) is 4.14. The van der Waals surface area contributed by atoms with Crippen molar-refractivity contribution in [3.63, 3.8) is 0 Å². The van der Waals surface area contributed by atoms with Crippen LogP contribution in [-0.4, -0.2) is 39.3 Å². The summed E-state index contributed by atoms with van der Waals surface area (Å²) in [5.74, 6) is 0.108. The molecule has 1 aromatic carbocycles. The maximum absolute atomic E-state index is 12.6. The lowest BCUT2D eigenvalue weighted by molar-refractivity contribution is -0.133. The van der Waals surface area contributed by atoms with Crippen LogP contribution in [0.3, 0.4) is 0 Å². The summed E-state index contributed by atoms with van der Waals surface area (Å²) in [5, 5.41) is 3.16. The van der Waals surface area contributed by atoms with E-state index in [0.717, 1.165) is 0 Å². The topological polar surface area (TPSA) is 108 Å². The van der Waals surface area contributed by atoms with Crippen LogP contribution in [0.5, 0.6) is 0 Å². The first kappa shape index (κ1) is 19.3. The lowest BCUT2D eigenvalue weighted by Crippen LogP contribution is -2.39. The molecule has 0 saturated heterocycles. The molecule has 2 amide bonds. The zero-order valence-electron chi connectivity index (χ0n) is 15.8. The predicted octanol–water partition coefficient (Wildman–Crippen LogP) is 2.07. The molecule has 0 fully saturated rings. The Labute approximate surface area is 161 Å². The highest BCUT2D eigenvalue weighted by atomic mass is 16.3. The summed E-state index contributed by atoms with van der Waals surface area (Å²) in [7, 11) is 0. The molecule has 0 saturated carbocycles. The third kappa shape index (κ3) is 4.46. The van der Waals surface area contributed by atoms with Gasteiger partial charge < -0.3 is 19.6 Å². The molecule has 0 spiro atoms. The molecular weight excluding hydrogens is 360 g/mol. The van der Waals surface area contributed by atoms with Gasteiger partial charge in [-0.05, 0) is 38.1 Å². The molecule has 0 aliphatic carbocycles. The highest BCUT2D eigenvalue weighted by Gasteiger charge is 2.19. The van der Waals surface area contributed by atoms with E-state index in [-0.39, 0.29) is 48.7 Å². The number of aromatic amines is 1. The lowest BCUT2D eigenvalue weighted by Gasteiger charge is -2.26. The number of hydrogen-bond acceptors (Lipinski definition) is 5. The third-order valence-corrected chi connectivity index (χ3v) is 4.30. The van der Waals surface area contributed by atoms with Crippen molar-refractivity contribution in [2.24, 2.45) is 0 Å².